The maximum atomic E-state index is 13.2. The zero-order chi connectivity index (χ0) is 18.0. The quantitative estimate of drug-likeness (QED) is 0.822. The van der Waals surface area contributed by atoms with E-state index in [1.165, 1.54) is 0 Å². The molecule has 1 aliphatic heterocycles. The summed E-state index contributed by atoms with van der Waals surface area (Å²) in [4.78, 5) is -0.187. The summed E-state index contributed by atoms with van der Waals surface area (Å²) in [6, 6.07) is 7.95. The van der Waals surface area contributed by atoms with Crippen molar-refractivity contribution in [2.75, 3.05) is 19.8 Å². The molecule has 0 saturated carbocycles. The highest BCUT2D eigenvalue weighted by Gasteiger charge is 2.20. The van der Waals surface area contributed by atoms with Gasteiger partial charge in [0.2, 0.25) is 10.0 Å². The van der Waals surface area contributed by atoms with Gasteiger partial charge in [-0.1, -0.05) is 17.7 Å². The van der Waals surface area contributed by atoms with Gasteiger partial charge in [0.15, 0.2) is 11.5 Å². The van der Waals surface area contributed by atoms with E-state index in [2.05, 4.69) is 4.72 Å². The number of benzene rings is 2. The van der Waals surface area contributed by atoms with Crippen LogP contribution < -0.4 is 14.2 Å². The summed E-state index contributed by atoms with van der Waals surface area (Å²) in [7, 11) is -3.94. The molecule has 9 heteroatoms. The Kier molecular flexibility index (Phi) is 5.14. The third kappa shape index (κ3) is 4.04. The number of hydrogen-bond acceptors (Lipinski definition) is 5. The summed E-state index contributed by atoms with van der Waals surface area (Å²) in [5, 5.41) is 9.93. The average Bonchev–Trinajstić information content (AvgIpc) is 2.61. The largest absolute Gasteiger partial charge is 0.486 e. The van der Waals surface area contributed by atoms with Crippen LogP contribution in [0.15, 0.2) is 41.3 Å². The van der Waals surface area contributed by atoms with Gasteiger partial charge in [-0.3, -0.25) is 0 Å². The molecule has 0 saturated heterocycles. The van der Waals surface area contributed by atoms with Crippen LogP contribution in [0.5, 0.6) is 11.5 Å². The van der Waals surface area contributed by atoms with Crippen molar-refractivity contribution >= 4 is 21.6 Å². The molecule has 6 nitrogen and oxygen atoms in total. The lowest BCUT2D eigenvalue weighted by atomic mass is 10.1. The average molecular weight is 388 g/mol. The summed E-state index contributed by atoms with van der Waals surface area (Å²) in [5.41, 5.74) is 0.476. The van der Waals surface area contributed by atoms with E-state index in [0.29, 0.717) is 30.3 Å². The summed E-state index contributed by atoms with van der Waals surface area (Å²) < 4.78 is 50.7. The Morgan fingerprint density at radius 1 is 1.16 bits per heavy atom. The van der Waals surface area contributed by atoms with Crippen LogP contribution in [0.2, 0.25) is 5.02 Å². The maximum absolute atomic E-state index is 13.2. The molecule has 2 aromatic carbocycles. The molecular formula is C16H15ClFNO5S. The first-order valence-corrected chi connectivity index (χ1v) is 9.25. The molecule has 0 fully saturated rings. The molecule has 0 spiro atoms. The fourth-order valence-corrected chi connectivity index (χ4v) is 3.61. The molecule has 25 heavy (non-hydrogen) atoms. The third-order valence-electron chi connectivity index (χ3n) is 3.62. The molecule has 0 radical (unpaired) electrons. The van der Waals surface area contributed by atoms with Gasteiger partial charge >= 0.3 is 0 Å². The smallest absolute Gasteiger partial charge is 0.240 e. The Hall–Kier alpha value is -1.87. The van der Waals surface area contributed by atoms with Crippen LogP contribution in [-0.2, 0) is 10.0 Å². The number of hydrogen-bond donors (Lipinski definition) is 2. The van der Waals surface area contributed by atoms with Gasteiger partial charge < -0.3 is 14.6 Å². The zero-order valence-electron chi connectivity index (χ0n) is 12.9. The number of rotatable bonds is 5. The van der Waals surface area contributed by atoms with E-state index in [0.717, 1.165) is 18.2 Å². The number of sulfonamides is 1. The van der Waals surface area contributed by atoms with E-state index < -0.39 is 21.9 Å². The lowest BCUT2D eigenvalue weighted by molar-refractivity contribution is 0.165. The molecule has 1 atom stereocenters. The molecule has 0 bridgehead atoms. The third-order valence-corrected chi connectivity index (χ3v) is 5.33. The van der Waals surface area contributed by atoms with Crippen molar-refractivity contribution in [3.63, 3.8) is 0 Å². The first kappa shape index (κ1) is 17.9. The van der Waals surface area contributed by atoms with Gasteiger partial charge in [0, 0.05) is 6.54 Å². The zero-order valence-corrected chi connectivity index (χ0v) is 14.5. The summed E-state index contributed by atoms with van der Waals surface area (Å²) in [6.07, 6.45) is -1.10. The van der Waals surface area contributed by atoms with E-state index in [9.17, 15) is 17.9 Å². The van der Waals surface area contributed by atoms with E-state index >= 15 is 0 Å². The highest BCUT2D eigenvalue weighted by molar-refractivity contribution is 7.89. The van der Waals surface area contributed by atoms with Gasteiger partial charge in [-0.2, -0.15) is 0 Å². The molecule has 0 aromatic heterocycles. The van der Waals surface area contributed by atoms with Gasteiger partial charge in [0.05, 0.1) is 16.0 Å². The van der Waals surface area contributed by atoms with Crippen LogP contribution in [0.1, 0.15) is 11.7 Å². The summed E-state index contributed by atoms with van der Waals surface area (Å²) in [6.45, 7) is 0.594. The molecule has 0 amide bonds. The van der Waals surface area contributed by atoms with Crippen LogP contribution in [0.25, 0.3) is 0 Å². The Bertz CT molecular complexity index is 890. The standard InChI is InChI=1S/C16H15ClFNO5S/c17-12-8-11(2-3-13(12)18)25(21,22)19-9-14(20)10-1-4-15-16(7-10)24-6-5-23-15/h1-4,7-8,14,19-20H,5-6,9H2/t14-/m1/s1. The van der Waals surface area contributed by atoms with Crippen molar-refractivity contribution in [2.45, 2.75) is 11.0 Å². The van der Waals surface area contributed by atoms with Crippen molar-refractivity contribution in [3.05, 3.63) is 52.8 Å². The maximum Gasteiger partial charge on any atom is 0.240 e. The minimum Gasteiger partial charge on any atom is -0.486 e. The molecule has 0 unspecified atom stereocenters. The van der Waals surface area contributed by atoms with Gasteiger partial charge in [0.1, 0.15) is 19.0 Å². The fraction of sp³-hybridized carbons (Fsp3) is 0.250. The molecule has 134 valence electrons. The lowest BCUT2D eigenvalue weighted by Gasteiger charge is -2.20. The van der Waals surface area contributed by atoms with Crippen LogP contribution in [0.3, 0.4) is 0 Å². The molecule has 2 N–H and O–H groups in total. The predicted octanol–water partition coefficient (Wildman–Crippen LogP) is 2.26. The van der Waals surface area contributed by atoms with Crippen molar-refractivity contribution in [2.24, 2.45) is 0 Å². The van der Waals surface area contributed by atoms with Crippen molar-refractivity contribution < 1.29 is 27.4 Å². The number of aliphatic hydroxyl groups excluding tert-OH is 1. The van der Waals surface area contributed by atoms with Crippen LogP contribution in [-0.4, -0.2) is 33.3 Å². The lowest BCUT2D eigenvalue weighted by Crippen LogP contribution is -2.28. The van der Waals surface area contributed by atoms with Gasteiger partial charge in [0.25, 0.3) is 0 Å². The van der Waals surface area contributed by atoms with E-state index in [4.69, 9.17) is 21.1 Å². The first-order chi connectivity index (χ1) is 11.9. The topological polar surface area (TPSA) is 84.9 Å². The van der Waals surface area contributed by atoms with Gasteiger partial charge in [-0.25, -0.2) is 17.5 Å². The Labute approximate surface area is 149 Å². The minimum absolute atomic E-state index is 0.187. The highest BCUT2D eigenvalue weighted by Crippen LogP contribution is 2.32. The SMILES string of the molecule is O=S(=O)(NC[C@@H](O)c1ccc2c(c1)OCCO2)c1ccc(F)c(Cl)c1. The van der Waals surface area contributed by atoms with Crippen LogP contribution in [0, 0.1) is 5.82 Å². The molecule has 3 rings (SSSR count). The van der Waals surface area contributed by atoms with E-state index in [1.54, 1.807) is 18.2 Å². The van der Waals surface area contributed by atoms with Crippen LogP contribution in [0.4, 0.5) is 4.39 Å². The van der Waals surface area contributed by atoms with E-state index in [-0.39, 0.29) is 16.5 Å². The number of halogens is 2. The number of nitrogens with one attached hydrogen (secondary N) is 1. The molecule has 1 heterocycles. The second kappa shape index (κ2) is 7.17. The van der Waals surface area contributed by atoms with Gasteiger partial charge in [-0.05, 0) is 35.9 Å². The van der Waals surface area contributed by atoms with E-state index in [1.807, 2.05) is 0 Å². The number of ether oxygens (including phenoxy) is 2. The van der Waals surface area contributed by atoms with Crippen LogP contribution >= 0.6 is 11.6 Å². The first-order valence-electron chi connectivity index (χ1n) is 7.39. The fourth-order valence-electron chi connectivity index (χ4n) is 2.30. The van der Waals surface area contributed by atoms with Crippen molar-refractivity contribution in [1.82, 2.24) is 4.72 Å². The number of fused-ring (bicyclic) bond motifs is 1. The van der Waals surface area contributed by atoms with Crippen molar-refractivity contribution in [1.29, 1.82) is 0 Å². The second-order valence-electron chi connectivity index (χ2n) is 5.35. The summed E-state index contributed by atoms with van der Waals surface area (Å²) in [5.74, 6) is 0.358. The molecule has 0 aliphatic carbocycles. The predicted molar refractivity (Wildman–Crippen MR) is 89.0 cm³/mol. The Morgan fingerprint density at radius 2 is 1.88 bits per heavy atom. The Balaban J connectivity index is 1.70. The molecular weight excluding hydrogens is 373 g/mol. The normalized spacial score (nSPS) is 15.0. The summed E-state index contributed by atoms with van der Waals surface area (Å²) >= 11 is 5.60. The monoisotopic (exact) mass is 387 g/mol. The van der Waals surface area contributed by atoms with Gasteiger partial charge in [-0.15, -0.1) is 0 Å². The molecule has 2 aromatic rings. The highest BCUT2D eigenvalue weighted by atomic mass is 35.5. The second-order valence-corrected chi connectivity index (χ2v) is 7.52. The number of aliphatic hydroxyl groups is 1. The molecule has 1 aliphatic rings. The van der Waals surface area contributed by atoms with Crippen molar-refractivity contribution in [3.8, 4) is 11.5 Å². The Morgan fingerprint density at radius 3 is 2.60 bits per heavy atom. The minimum atomic E-state index is -3.94.